The summed E-state index contributed by atoms with van der Waals surface area (Å²) < 4.78 is 91.1. The van der Waals surface area contributed by atoms with E-state index in [-0.39, 0.29) is 16.9 Å². The molecule has 0 amide bonds. The highest BCUT2D eigenvalue weighted by atomic mass is 19.4. The predicted octanol–water partition coefficient (Wildman–Crippen LogP) is 10.8. The van der Waals surface area contributed by atoms with Gasteiger partial charge < -0.3 is 9.47 Å². The van der Waals surface area contributed by atoms with Gasteiger partial charge in [-0.05, 0) is 124 Å². The first kappa shape index (κ1) is 30.1. The number of benzene rings is 2. The van der Waals surface area contributed by atoms with Crippen LogP contribution in [0, 0.1) is 41.3 Å². The summed E-state index contributed by atoms with van der Waals surface area (Å²) >= 11 is 0. The zero-order valence-electron chi connectivity index (χ0n) is 23.6. The molecule has 0 spiro atoms. The lowest BCUT2D eigenvalue weighted by atomic mass is 9.65. The van der Waals surface area contributed by atoms with Gasteiger partial charge in [-0.25, -0.2) is 4.39 Å². The minimum atomic E-state index is -4.83. The third kappa shape index (κ3) is 7.72. The Kier molecular flexibility index (Phi) is 9.15. The minimum absolute atomic E-state index is 0.0625. The number of hydrogen-bond acceptors (Lipinski definition) is 2. The molecule has 0 bridgehead atoms. The van der Waals surface area contributed by atoms with E-state index in [2.05, 4.69) is 11.7 Å². The van der Waals surface area contributed by atoms with Crippen molar-refractivity contribution >= 4 is 0 Å². The summed E-state index contributed by atoms with van der Waals surface area (Å²) in [5, 5.41) is 0. The monoisotopic (exact) mass is 582 g/mol. The van der Waals surface area contributed by atoms with Gasteiger partial charge in [0.1, 0.15) is 17.3 Å². The van der Waals surface area contributed by atoms with Gasteiger partial charge in [0.15, 0.2) is 0 Å². The molecule has 2 aromatic carbocycles. The van der Waals surface area contributed by atoms with Crippen molar-refractivity contribution in [2.24, 2.45) is 35.5 Å². The maximum atomic E-state index is 15.1. The Morgan fingerprint density at radius 1 is 0.585 bits per heavy atom. The molecular weight excluding hydrogens is 542 g/mol. The van der Waals surface area contributed by atoms with Crippen LogP contribution in [0.25, 0.3) is 11.1 Å². The van der Waals surface area contributed by atoms with E-state index in [1.807, 2.05) is 0 Å². The van der Waals surface area contributed by atoms with Crippen molar-refractivity contribution in [1.82, 2.24) is 0 Å². The van der Waals surface area contributed by atoms with E-state index in [1.165, 1.54) is 75.6 Å². The van der Waals surface area contributed by atoms with Crippen molar-refractivity contribution in [2.75, 3.05) is 0 Å². The Balaban J connectivity index is 1.11. The van der Waals surface area contributed by atoms with E-state index in [1.54, 1.807) is 0 Å². The number of ether oxygens (including phenoxy) is 2. The maximum absolute atomic E-state index is 15.1. The molecule has 2 nitrogen and oxygen atoms in total. The zero-order chi connectivity index (χ0) is 29.2. The Morgan fingerprint density at radius 3 is 1.54 bits per heavy atom. The molecule has 0 heterocycles. The van der Waals surface area contributed by atoms with Gasteiger partial charge in [-0.15, -0.1) is 13.2 Å². The summed E-state index contributed by atoms with van der Waals surface area (Å²) in [6.45, 7) is 2.36. The molecule has 3 aliphatic carbocycles. The van der Waals surface area contributed by atoms with Crippen molar-refractivity contribution in [1.29, 1.82) is 0 Å². The van der Waals surface area contributed by atoms with Crippen LogP contribution in [-0.2, 0) is 0 Å². The molecule has 0 unspecified atom stereocenters. The first-order chi connectivity index (χ1) is 19.5. The highest BCUT2D eigenvalue weighted by Gasteiger charge is 2.45. The topological polar surface area (TPSA) is 18.5 Å². The molecular formula is C33H40F6O2. The molecule has 3 fully saturated rings. The van der Waals surface area contributed by atoms with Crippen LogP contribution in [0.15, 0.2) is 42.5 Å². The van der Waals surface area contributed by atoms with Crippen LogP contribution in [0.1, 0.15) is 84.0 Å². The average Bonchev–Trinajstić information content (AvgIpc) is 2.93. The first-order valence-corrected chi connectivity index (χ1v) is 15.2. The van der Waals surface area contributed by atoms with Gasteiger partial charge in [-0.1, -0.05) is 31.9 Å². The first-order valence-electron chi connectivity index (χ1n) is 15.2. The number of hydrogen-bond donors (Lipinski definition) is 0. The summed E-state index contributed by atoms with van der Waals surface area (Å²) in [5.74, 6) is 1.32. The molecule has 2 aromatic rings. The number of alkyl halides is 5. The second-order valence-corrected chi connectivity index (χ2v) is 12.7. The molecule has 3 aliphatic rings. The quantitative estimate of drug-likeness (QED) is 0.302. The van der Waals surface area contributed by atoms with Crippen LogP contribution >= 0.6 is 0 Å². The van der Waals surface area contributed by atoms with Crippen LogP contribution in [0.5, 0.6) is 11.5 Å². The zero-order valence-corrected chi connectivity index (χ0v) is 23.6. The molecule has 0 radical (unpaired) electrons. The molecule has 0 atom stereocenters. The largest absolute Gasteiger partial charge is 0.573 e. The molecule has 5 rings (SSSR count). The summed E-state index contributed by atoms with van der Waals surface area (Å²) in [4.78, 5) is 0. The van der Waals surface area contributed by atoms with E-state index in [9.17, 15) is 17.6 Å². The lowest BCUT2D eigenvalue weighted by molar-refractivity contribution is -0.274. The standard InChI is InChI=1S/C33H40F6O2/c1-21-2-4-22(5-3-21)23-6-8-24(9-7-23)25-10-14-27(15-11-25)32(35,36)40-29-18-19-30(31(34)20-29)26-12-16-28(17-13-26)41-33(37,38)39/h12-13,16-25,27H,2-11,14-15H2,1H3. The normalized spacial score (nSPS) is 29.6. The number of halogens is 6. The molecule has 0 saturated heterocycles. The van der Waals surface area contributed by atoms with E-state index >= 15 is 8.78 Å². The lowest BCUT2D eigenvalue weighted by Gasteiger charge is -2.41. The van der Waals surface area contributed by atoms with Gasteiger partial charge in [0, 0.05) is 11.6 Å². The molecule has 41 heavy (non-hydrogen) atoms. The van der Waals surface area contributed by atoms with Crippen LogP contribution in [-0.4, -0.2) is 12.5 Å². The number of rotatable bonds is 7. The highest BCUT2D eigenvalue weighted by molar-refractivity contribution is 5.65. The van der Waals surface area contributed by atoms with Gasteiger partial charge in [0.25, 0.3) is 0 Å². The minimum Gasteiger partial charge on any atom is -0.432 e. The second kappa shape index (κ2) is 12.5. The summed E-state index contributed by atoms with van der Waals surface area (Å²) in [6, 6.07) is 8.15. The lowest BCUT2D eigenvalue weighted by Crippen LogP contribution is -2.38. The molecule has 0 aromatic heterocycles. The smallest absolute Gasteiger partial charge is 0.432 e. The fourth-order valence-corrected chi connectivity index (χ4v) is 7.64. The molecule has 0 N–H and O–H groups in total. The van der Waals surface area contributed by atoms with E-state index < -0.39 is 30.0 Å². The van der Waals surface area contributed by atoms with E-state index in [0.29, 0.717) is 24.7 Å². The fraction of sp³-hybridized carbons (Fsp3) is 0.636. The van der Waals surface area contributed by atoms with Crippen LogP contribution in [0.4, 0.5) is 26.3 Å². The van der Waals surface area contributed by atoms with Crippen molar-refractivity contribution in [2.45, 2.75) is 96.4 Å². The average molecular weight is 583 g/mol. The van der Waals surface area contributed by atoms with E-state index in [0.717, 1.165) is 48.8 Å². The van der Waals surface area contributed by atoms with Gasteiger partial charge in [0.05, 0.1) is 5.92 Å². The fourth-order valence-electron chi connectivity index (χ4n) is 7.64. The SMILES string of the molecule is CC1CCC(C2CCC(C3CCC(C(F)(F)Oc4ccc(-c5ccc(OC(F)(F)F)cc5)c(F)c4)CC3)CC2)CC1. The summed E-state index contributed by atoms with van der Waals surface area (Å²) in [6.07, 6.45) is 4.59. The van der Waals surface area contributed by atoms with Crippen molar-refractivity contribution in [3.05, 3.63) is 48.3 Å². The summed E-state index contributed by atoms with van der Waals surface area (Å²) in [7, 11) is 0. The van der Waals surface area contributed by atoms with Gasteiger partial charge >= 0.3 is 12.5 Å². The van der Waals surface area contributed by atoms with Gasteiger partial charge in [-0.2, -0.15) is 8.78 Å². The molecule has 0 aliphatic heterocycles. The third-order valence-electron chi connectivity index (χ3n) is 10.1. The van der Waals surface area contributed by atoms with Crippen LogP contribution in [0.2, 0.25) is 0 Å². The van der Waals surface area contributed by atoms with Crippen molar-refractivity contribution < 1.29 is 35.8 Å². The van der Waals surface area contributed by atoms with Crippen molar-refractivity contribution in [3.8, 4) is 22.6 Å². The van der Waals surface area contributed by atoms with Crippen LogP contribution in [0.3, 0.4) is 0 Å². The molecule has 226 valence electrons. The van der Waals surface area contributed by atoms with Gasteiger partial charge in [-0.3, -0.25) is 0 Å². The highest BCUT2D eigenvalue weighted by Crippen LogP contribution is 2.48. The maximum Gasteiger partial charge on any atom is 0.573 e. The van der Waals surface area contributed by atoms with Gasteiger partial charge in [0.2, 0.25) is 0 Å². The Labute approximate surface area is 238 Å². The Hall–Kier alpha value is -2.38. The third-order valence-corrected chi connectivity index (χ3v) is 10.1. The summed E-state index contributed by atoms with van der Waals surface area (Å²) in [5.41, 5.74) is 0.350. The van der Waals surface area contributed by atoms with E-state index in [4.69, 9.17) is 4.74 Å². The Bertz CT molecular complexity index is 1120. The molecule has 8 heteroatoms. The van der Waals surface area contributed by atoms with Crippen molar-refractivity contribution in [3.63, 3.8) is 0 Å². The Morgan fingerprint density at radius 2 is 1.05 bits per heavy atom. The molecule has 3 saturated carbocycles. The predicted molar refractivity (Wildman–Crippen MR) is 146 cm³/mol. The second-order valence-electron chi connectivity index (χ2n) is 12.7. The van der Waals surface area contributed by atoms with Crippen LogP contribution < -0.4 is 9.47 Å².